The van der Waals surface area contributed by atoms with E-state index in [9.17, 15) is 4.79 Å². The van der Waals surface area contributed by atoms with Crippen LogP contribution in [0.2, 0.25) is 0 Å². The van der Waals surface area contributed by atoms with E-state index in [0.29, 0.717) is 13.1 Å². The number of carbonyl (C=O) groups is 1. The van der Waals surface area contributed by atoms with Gasteiger partial charge in [-0.25, -0.2) is 4.79 Å². The van der Waals surface area contributed by atoms with Gasteiger partial charge in [-0.3, -0.25) is 4.90 Å². The van der Waals surface area contributed by atoms with Crippen LogP contribution in [0.3, 0.4) is 0 Å². The molecular formula is C17H28N4O2. The Bertz CT molecular complexity index is 487. The lowest BCUT2D eigenvalue weighted by atomic mass is 10.2. The zero-order chi connectivity index (χ0) is 16.5. The number of aliphatic hydroxyl groups is 1. The number of hydrogen-bond donors (Lipinski definition) is 3. The van der Waals surface area contributed by atoms with Crippen LogP contribution < -0.4 is 15.5 Å². The third-order valence-electron chi connectivity index (χ3n) is 4.07. The Balaban J connectivity index is 1.61. The summed E-state index contributed by atoms with van der Waals surface area (Å²) < 4.78 is 0. The number of benzene rings is 1. The summed E-state index contributed by atoms with van der Waals surface area (Å²) in [5.41, 5.74) is 2.61. The zero-order valence-electron chi connectivity index (χ0n) is 13.9. The maximum Gasteiger partial charge on any atom is 0.314 e. The van der Waals surface area contributed by atoms with Crippen LogP contribution in [0, 0.1) is 6.92 Å². The van der Waals surface area contributed by atoms with E-state index in [1.54, 1.807) is 0 Å². The van der Waals surface area contributed by atoms with E-state index in [2.05, 4.69) is 51.6 Å². The molecule has 1 saturated heterocycles. The molecule has 1 fully saturated rings. The van der Waals surface area contributed by atoms with Crippen LogP contribution in [0.4, 0.5) is 10.5 Å². The quantitative estimate of drug-likeness (QED) is 0.650. The van der Waals surface area contributed by atoms with Gasteiger partial charge in [0.25, 0.3) is 0 Å². The molecule has 2 amide bonds. The Morgan fingerprint density at radius 1 is 1.17 bits per heavy atom. The molecule has 0 aliphatic carbocycles. The van der Waals surface area contributed by atoms with Gasteiger partial charge in [-0.2, -0.15) is 0 Å². The van der Waals surface area contributed by atoms with E-state index in [1.165, 1.54) is 11.3 Å². The highest BCUT2D eigenvalue weighted by atomic mass is 16.3. The zero-order valence-corrected chi connectivity index (χ0v) is 13.9. The van der Waals surface area contributed by atoms with Crippen LogP contribution in [0.1, 0.15) is 12.0 Å². The van der Waals surface area contributed by atoms with Gasteiger partial charge in [0.15, 0.2) is 0 Å². The Hall–Kier alpha value is -1.79. The average molecular weight is 320 g/mol. The van der Waals surface area contributed by atoms with E-state index in [0.717, 1.165) is 39.1 Å². The minimum absolute atomic E-state index is 0.0291. The van der Waals surface area contributed by atoms with Crippen molar-refractivity contribution >= 4 is 11.7 Å². The molecule has 1 aliphatic heterocycles. The molecule has 0 aromatic heterocycles. The number of nitrogens with zero attached hydrogens (tertiary/aromatic N) is 2. The van der Waals surface area contributed by atoms with Crippen molar-refractivity contribution in [2.24, 2.45) is 0 Å². The van der Waals surface area contributed by atoms with Crippen LogP contribution >= 0.6 is 0 Å². The molecule has 6 nitrogen and oxygen atoms in total. The van der Waals surface area contributed by atoms with Gasteiger partial charge in [0.1, 0.15) is 0 Å². The highest BCUT2D eigenvalue weighted by molar-refractivity contribution is 5.73. The smallest absolute Gasteiger partial charge is 0.314 e. The summed E-state index contributed by atoms with van der Waals surface area (Å²) in [6.45, 7) is 8.28. The maximum atomic E-state index is 11.3. The van der Waals surface area contributed by atoms with Crippen LogP contribution in [-0.4, -0.2) is 68.5 Å². The summed E-state index contributed by atoms with van der Waals surface area (Å²) in [5.74, 6) is 0. The normalized spacial score (nSPS) is 15.5. The number of nitrogens with one attached hydrogen (secondary N) is 2. The molecule has 1 aromatic rings. The maximum absolute atomic E-state index is 11.3. The highest BCUT2D eigenvalue weighted by Gasteiger charge is 2.16. The Labute approximate surface area is 138 Å². The Morgan fingerprint density at radius 3 is 2.61 bits per heavy atom. The molecule has 0 radical (unpaired) electrons. The van der Waals surface area contributed by atoms with Crippen molar-refractivity contribution in [3.05, 3.63) is 29.8 Å². The van der Waals surface area contributed by atoms with Gasteiger partial charge < -0.3 is 20.6 Å². The summed E-state index contributed by atoms with van der Waals surface area (Å²) in [5, 5.41) is 14.0. The number of amides is 2. The van der Waals surface area contributed by atoms with E-state index >= 15 is 0 Å². The van der Waals surface area contributed by atoms with E-state index < -0.39 is 0 Å². The third-order valence-corrected chi connectivity index (χ3v) is 4.07. The molecule has 0 saturated carbocycles. The molecule has 6 heteroatoms. The van der Waals surface area contributed by atoms with E-state index in [4.69, 9.17) is 5.11 Å². The van der Waals surface area contributed by atoms with Crippen molar-refractivity contribution in [2.75, 3.05) is 57.3 Å². The summed E-state index contributed by atoms with van der Waals surface area (Å²) in [6.07, 6.45) is 0.941. The van der Waals surface area contributed by atoms with Gasteiger partial charge >= 0.3 is 6.03 Å². The fourth-order valence-electron chi connectivity index (χ4n) is 2.79. The standard InChI is InChI=1S/C17H28N4O2/c1-15-4-2-5-16(14-15)21-11-9-20(10-12-21)8-3-6-18-17(23)19-7-13-22/h2,4-5,14,22H,3,6-13H2,1H3,(H2,18,19,23). The van der Waals surface area contributed by atoms with Crippen molar-refractivity contribution in [3.63, 3.8) is 0 Å². The molecule has 0 atom stereocenters. The molecule has 2 rings (SSSR count). The number of carbonyl (C=O) groups excluding carboxylic acids is 1. The minimum atomic E-state index is -0.205. The molecule has 128 valence electrons. The number of urea groups is 1. The van der Waals surface area contributed by atoms with E-state index in [1.807, 2.05) is 0 Å². The first-order valence-corrected chi connectivity index (χ1v) is 8.35. The summed E-state index contributed by atoms with van der Waals surface area (Å²) >= 11 is 0. The largest absolute Gasteiger partial charge is 0.395 e. The van der Waals surface area contributed by atoms with Gasteiger partial charge in [0, 0.05) is 45.0 Å². The second kappa shape index (κ2) is 9.37. The van der Waals surface area contributed by atoms with E-state index in [-0.39, 0.29) is 12.6 Å². The SMILES string of the molecule is Cc1cccc(N2CCN(CCCNC(=O)NCCO)CC2)c1. The predicted octanol–water partition coefficient (Wildman–Crippen LogP) is 0.799. The molecule has 1 aromatic carbocycles. The number of rotatable bonds is 7. The fourth-order valence-corrected chi connectivity index (χ4v) is 2.79. The third kappa shape index (κ3) is 6.08. The molecule has 0 unspecified atom stereocenters. The van der Waals surface area contributed by atoms with Gasteiger partial charge in [-0.1, -0.05) is 12.1 Å². The number of anilines is 1. The summed E-state index contributed by atoms with van der Waals surface area (Å²) in [6, 6.07) is 8.46. The van der Waals surface area contributed by atoms with Gasteiger partial charge in [0.2, 0.25) is 0 Å². The van der Waals surface area contributed by atoms with Crippen molar-refractivity contribution in [3.8, 4) is 0 Å². The van der Waals surface area contributed by atoms with Gasteiger partial charge in [0.05, 0.1) is 6.61 Å². The van der Waals surface area contributed by atoms with Crippen molar-refractivity contribution in [1.82, 2.24) is 15.5 Å². The van der Waals surface area contributed by atoms with Crippen LogP contribution in [-0.2, 0) is 0 Å². The molecule has 1 heterocycles. The second-order valence-corrected chi connectivity index (χ2v) is 5.93. The number of piperazine rings is 1. The minimum Gasteiger partial charge on any atom is -0.395 e. The first-order chi connectivity index (χ1) is 11.2. The average Bonchev–Trinajstić information content (AvgIpc) is 2.57. The monoisotopic (exact) mass is 320 g/mol. The Kier molecular flexibility index (Phi) is 7.16. The van der Waals surface area contributed by atoms with Gasteiger partial charge in [-0.05, 0) is 37.6 Å². The second-order valence-electron chi connectivity index (χ2n) is 5.93. The van der Waals surface area contributed by atoms with Crippen molar-refractivity contribution in [1.29, 1.82) is 0 Å². The predicted molar refractivity (Wildman–Crippen MR) is 92.9 cm³/mol. The topological polar surface area (TPSA) is 67.8 Å². The van der Waals surface area contributed by atoms with Crippen LogP contribution in [0.5, 0.6) is 0 Å². The molecule has 0 spiro atoms. The summed E-state index contributed by atoms with van der Waals surface area (Å²) in [4.78, 5) is 16.2. The molecule has 3 N–H and O–H groups in total. The summed E-state index contributed by atoms with van der Waals surface area (Å²) in [7, 11) is 0. The van der Waals surface area contributed by atoms with Gasteiger partial charge in [-0.15, -0.1) is 0 Å². The fraction of sp³-hybridized carbons (Fsp3) is 0.588. The van der Waals surface area contributed by atoms with Crippen LogP contribution in [0.25, 0.3) is 0 Å². The number of aliphatic hydroxyl groups excluding tert-OH is 1. The molecule has 0 bridgehead atoms. The van der Waals surface area contributed by atoms with Crippen molar-refractivity contribution < 1.29 is 9.90 Å². The lowest BCUT2D eigenvalue weighted by molar-refractivity contribution is 0.230. The lowest BCUT2D eigenvalue weighted by Crippen LogP contribution is -2.47. The molecule has 1 aliphatic rings. The number of hydrogen-bond acceptors (Lipinski definition) is 4. The molecule has 23 heavy (non-hydrogen) atoms. The van der Waals surface area contributed by atoms with Crippen LogP contribution in [0.15, 0.2) is 24.3 Å². The number of aryl methyl sites for hydroxylation is 1. The lowest BCUT2D eigenvalue weighted by Gasteiger charge is -2.36. The van der Waals surface area contributed by atoms with Crippen molar-refractivity contribution in [2.45, 2.75) is 13.3 Å². The molecular weight excluding hydrogens is 292 g/mol. The first-order valence-electron chi connectivity index (χ1n) is 8.35. The highest BCUT2D eigenvalue weighted by Crippen LogP contribution is 2.17. The Morgan fingerprint density at radius 2 is 1.91 bits per heavy atom. The first kappa shape index (κ1) is 17.6.